The molecule has 168 valence electrons. The van der Waals surface area contributed by atoms with E-state index in [1.807, 2.05) is 91.0 Å². The first-order valence-corrected chi connectivity index (χ1v) is 10.7. The molecule has 5 unspecified atom stereocenters. The van der Waals surface area contributed by atoms with Crippen LogP contribution in [0.3, 0.4) is 0 Å². The van der Waals surface area contributed by atoms with E-state index in [4.69, 9.17) is 18.9 Å². The maximum Gasteiger partial charge on any atom is 0.184 e. The SMILES string of the molecule is OC1OC(COc2ccccc2)C(O)C(OCc2ccccc2)C1OCc1ccccc1. The van der Waals surface area contributed by atoms with Gasteiger partial charge in [-0.3, -0.25) is 0 Å². The molecule has 0 saturated carbocycles. The normalized spacial score (nSPS) is 25.4. The summed E-state index contributed by atoms with van der Waals surface area (Å²) in [5.74, 6) is 0.655. The van der Waals surface area contributed by atoms with Crippen LogP contribution < -0.4 is 4.74 Å². The lowest BCUT2D eigenvalue weighted by Crippen LogP contribution is -2.60. The van der Waals surface area contributed by atoms with E-state index >= 15 is 0 Å². The Balaban J connectivity index is 1.45. The summed E-state index contributed by atoms with van der Waals surface area (Å²) in [5, 5.41) is 21.8. The minimum atomic E-state index is -1.27. The van der Waals surface area contributed by atoms with Crippen LogP contribution in [0, 0.1) is 0 Å². The third-order valence-electron chi connectivity index (χ3n) is 5.36. The number of hydrogen-bond donors (Lipinski definition) is 2. The second-order valence-corrected chi connectivity index (χ2v) is 7.70. The number of aliphatic hydroxyl groups excluding tert-OH is 2. The zero-order valence-electron chi connectivity index (χ0n) is 17.7. The van der Waals surface area contributed by atoms with Gasteiger partial charge in [-0.25, -0.2) is 0 Å². The van der Waals surface area contributed by atoms with E-state index in [9.17, 15) is 10.2 Å². The van der Waals surface area contributed by atoms with Crippen molar-refractivity contribution in [1.29, 1.82) is 0 Å². The highest BCUT2D eigenvalue weighted by molar-refractivity contribution is 5.21. The molecular weight excluding hydrogens is 408 g/mol. The minimum absolute atomic E-state index is 0.0683. The van der Waals surface area contributed by atoms with Crippen molar-refractivity contribution in [2.75, 3.05) is 6.61 Å². The number of hydrogen-bond acceptors (Lipinski definition) is 6. The molecule has 1 saturated heterocycles. The lowest BCUT2D eigenvalue weighted by atomic mass is 9.98. The number of benzene rings is 3. The lowest BCUT2D eigenvalue weighted by Gasteiger charge is -2.42. The predicted octanol–water partition coefficient (Wildman–Crippen LogP) is 3.31. The van der Waals surface area contributed by atoms with Crippen LogP contribution in [-0.2, 0) is 27.4 Å². The summed E-state index contributed by atoms with van der Waals surface area (Å²) in [5.41, 5.74) is 1.91. The highest BCUT2D eigenvalue weighted by Crippen LogP contribution is 2.27. The molecule has 32 heavy (non-hydrogen) atoms. The topological polar surface area (TPSA) is 77.4 Å². The predicted molar refractivity (Wildman–Crippen MR) is 119 cm³/mol. The number of para-hydroxylation sites is 1. The molecule has 0 aliphatic carbocycles. The lowest BCUT2D eigenvalue weighted by molar-refractivity contribution is -0.306. The first-order chi connectivity index (χ1) is 15.7. The molecule has 0 aromatic heterocycles. The molecule has 0 amide bonds. The van der Waals surface area contributed by atoms with Crippen LogP contribution >= 0.6 is 0 Å². The van der Waals surface area contributed by atoms with Gasteiger partial charge >= 0.3 is 0 Å². The smallest absolute Gasteiger partial charge is 0.184 e. The Hall–Kier alpha value is -2.74. The molecule has 4 rings (SSSR count). The molecule has 0 spiro atoms. The molecule has 0 bridgehead atoms. The Morgan fingerprint density at radius 3 is 1.72 bits per heavy atom. The number of aliphatic hydroxyl groups is 2. The van der Waals surface area contributed by atoms with Crippen molar-refractivity contribution in [3.63, 3.8) is 0 Å². The van der Waals surface area contributed by atoms with Crippen molar-refractivity contribution in [3.05, 3.63) is 102 Å². The summed E-state index contributed by atoms with van der Waals surface area (Å²) in [4.78, 5) is 0. The van der Waals surface area contributed by atoms with E-state index in [-0.39, 0.29) is 19.8 Å². The highest BCUT2D eigenvalue weighted by atomic mass is 16.7. The molecule has 0 radical (unpaired) electrons. The van der Waals surface area contributed by atoms with Gasteiger partial charge < -0.3 is 29.2 Å². The van der Waals surface area contributed by atoms with Crippen LogP contribution in [0.25, 0.3) is 0 Å². The van der Waals surface area contributed by atoms with Gasteiger partial charge in [0.05, 0.1) is 13.2 Å². The van der Waals surface area contributed by atoms with Gasteiger partial charge in [0.1, 0.15) is 36.8 Å². The Morgan fingerprint density at radius 1 is 0.656 bits per heavy atom. The highest BCUT2D eigenvalue weighted by Gasteiger charge is 2.46. The number of ether oxygens (including phenoxy) is 4. The van der Waals surface area contributed by atoms with Crippen molar-refractivity contribution in [2.45, 2.75) is 43.9 Å². The summed E-state index contributed by atoms with van der Waals surface area (Å²) < 4.78 is 23.5. The van der Waals surface area contributed by atoms with E-state index in [0.717, 1.165) is 11.1 Å². The van der Waals surface area contributed by atoms with Gasteiger partial charge in [-0.15, -0.1) is 0 Å². The molecule has 3 aromatic rings. The molecule has 1 aliphatic rings. The Morgan fingerprint density at radius 2 is 1.16 bits per heavy atom. The molecule has 6 nitrogen and oxygen atoms in total. The Kier molecular flexibility index (Phi) is 7.87. The standard InChI is InChI=1S/C26H28O6/c27-23-22(18-29-21-14-8-3-9-15-21)32-26(28)25(31-17-20-12-6-2-7-13-20)24(23)30-16-19-10-4-1-5-11-19/h1-15,22-28H,16-18H2. The zero-order chi connectivity index (χ0) is 22.2. The summed E-state index contributed by atoms with van der Waals surface area (Å²) in [6.45, 7) is 0.598. The third-order valence-corrected chi connectivity index (χ3v) is 5.36. The minimum Gasteiger partial charge on any atom is -0.491 e. The Labute approximate surface area is 188 Å². The molecular formula is C26H28O6. The van der Waals surface area contributed by atoms with Gasteiger partial charge in [0.25, 0.3) is 0 Å². The average Bonchev–Trinajstić information content (AvgIpc) is 2.84. The van der Waals surface area contributed by atoms with Gasteiger partial charge in [-0.1, -0.05) is 78.9 Å². The van der Waals surface area contributed by atoms with Crippen LogP contribution in [0.4, 0.5) is 0 Å². The molecule has 1 heterocycles. The van der Waals surface area contributed by atoms with Gasteiger partial charge in [0, 0.05) is 0 Å². The number of rotatable bonds is 9. The second-order valence-electron chi connectivity index (χ2n) is 7.70. The molecule has 1 fully saturated rings. The van der Waals surface area contributed by atoms with Crippen molar-refractivity contribution < 1.29 is 29.2 Å². The van der Waals surface area contributed by atoms with Crippen LogP contribution in [-0.4, -0.2) is 47.5 Å². The van der Waals surface area contributed by atoms with Crippen LogP contribution in [0.5, 0.6) is 5.75 Å². The monoisotopic (exact) mass is 436 g/mol. The first-order valence-electron chi connectivity index (χ1n) is 10.7. The van der Waals surface area contributed by atoms with Crippen LogP contribution in [0.15, 0.2) is 91.0 Å². The third kappa shape index (κ3) is 5.94. The van der Waals surface area contributed by atoms with Gasteiger partial charge in [-0.2, -0.15) is 0 Å². The van der Waals surface area contributed by atoms with E-state index in [0.29, 0.717) is 5.75 Å². The fraction of sp³-hybridized carbons (Fsp3) is 0.308. The fourth-order valence-corrected chi connectivity index (χ4v) is 3.64. The molecule has 3 aromatic carbocycles. The summed E-state index contributed by atoms with van der Waals surface area (Å²) in [6.07, 6.45) is -4.75. The largest absolute Gasteiger partial charge is 0.491 e. The van der Waals surface area contributed by atoms with Crippen molar-refractivity contribution in [2.24, 2.45) is 0 Å². The van der Waals surface area contributed by atoms with E-state index in [1.54, 1.807) is 0 Å². The quantitative estimate of drug-likeness (QED) is 0.536. The first kappa shape index (κ1) is 22.5. The zero-order valence-corrected chi connectivity index (χ0v) is 17.7. The fourth-order valence-electron chi connectivity index (χ4n) is 3.64. The van der Waals surface area contributed by atoms with Crippen molar-refractivity contribution >= 4 is 0 Å². The summed E-state index contributed by atoms with van der Waals surface area (Å²) in [7, 11) is 0. The maximum absolute atomic E-state index is 11.0. The molecule has 6 heteroatoms. The van der Waals surface area contributed by atoms with E-state index in [2.05, 4.69) is 0 Å². The average molecular weight is 437 g/mol. The maximum atomic E-state index is 11.0. The van der Waals surface area contributed by atoms with Crippen LogP contribution in [0.1, 0.15) is 11.1 Å². The Bertz CT molecular complexity index is 921. The van der Waals surface area contributed by atoms with Crippen LogP contribution in [0.2, 0.25) is 0 Å². The van der Waals surface area contributed by atoms with Crippen molar-refractivity contribution in [1.82, 2.24) is 0 Å². The summed E-state index contributed by atoms with van der Waals surface area (Å²) >= 11 is 0. The van der Waals surface area contributed by atoms with E-state index in [1.165, 1.54) is 0 Å². The molecule has 2 N–H and O–H groups in total. The van der Waals surface area contributed by atoms with Crippen molar-refractivity contribution in [3.8, 4) is 5.75 Å². The molecule has 5 atom stereocenters. The van der Waals surface area contributed by atoms with Gasteiger partial charge in [-0.05, 0) is 23.3 Å². The molecule has 1 aliphatic heterocycles. The van der Waals surface area contributed by atoms with Gasteiger partial charge in [0.15, 0.2) is 6.29 Å². The summed E-state index contributed by atoms with van der Waals surface area (Å²) in [6, 6.07) is 28.6. The van der Waals surface area contributed by atoms with Gasteiger partial charge in [0.2, 0.25) is 0 Å². The van der Waals surface area contributed by atoms with E-state index < -0.39 is 30.7 Å². The second kappa shape index (κ2) is 11.2.